The van der Waals surface area contributed by atoms with Gasteiger partial charge in [-0.2, -0.15) is 0 Å². The van der Waals surface area contributed by atoms with E-state index >= 15 is 0 Å². The van der Waals surface area contributed by atoms with Crippen molar-refractivity contribution in [1.29, 1.82) is 0 Å². The zero-order valence-corrected chi connectivity index (χ0v) is 17.8. The van der Waals surface area contributed by atoms with Crippen LogP contribution in [0.3, 0.4) is 0 Å². The van der Waals surface area contributed by atoms with E-state index in [4.69, 9.17) is 4.74 Å². The molecule has 1 amide bonds. The molecule has 29 heavy (non-hydrogen) atoms. The maximum Gasteiger partial charge on any atom is 0.341 e. The van der Waals surface area contributed by atoms with Gasteiger partial charge in [-0.05, 0) is 68.3 Å². The predicted octanol–water partition coefficient (Wildman–Crippen LogP) is 4.13. The molecule has 7 heteroatoms. The molecule has 3 saturated carbocycles. The number of amides is 1. The highest BCUT2D eigenvalue weighted by atomic mass is 32.1. The highest BCUT2D eigenvalue weighted by Gasteiger charge is 2.50. The van der Waals surface area contributed by atoms with Gasteiger partial charge in [0, 0.05) is 4.88 Å². The Kier molecular flexibility index (Phi) is 5.69. The quantitative estimate of drug-likeness (QED) is 0.700. The summed E-state index contributed by atoms with van der Waals surface area (Å²) in [6.45, 7) is 2.18. The number of esters is 1. The molecule has 0 unspecified atom stereocenters. The first-order chi connectivity index (χ1) is 13.9. The fourth-order valence-corrected chi connectivity index (χ4v) is 7.14. The molecule has 4 aliphatic carbocycles. The molecule has 1 aromatic heterocycles. The van der Waals surface area contributed by atoms with Crippen molar-refractivity contribution in [3.05, 3.63) is 16.0 Å². The largest absolute Gasteiger partial charge is 0.481 e. The molecular weight excluding hydrogens is 390 g/mol. The van der Waals surface area contributed by atoms with Crippen LogP contribution in [0.25, 0.3) is 0 Å². The van der Waals surface area contributed by atoms with E-state index in [2.05, 4.69) is 12.2 Å². The van der Waals surface area contributed by atoms with E-state index in [1.807, 2.05) is 0 Å². The van der Waals surface area contributed by atoms with Crippen molar-refractivity contribution in [2.24, 2.45) is 29.6 Å². The minimum Gasteiger partial charge on any atom is -0.481 e. The van der Waals surface area contributed by atoms with Crippen LogP contribution in [-0.4, -0.2) is 30.1 Å². The number of anilines is 1. The molecule has 0 aliphatic heterocycles. The lowest BCUT2D eigenvalue weighted by Crippen LogP contribution is -2.49. The molecule has 3 atom stereocenters. The van der Waals surface area contributed by atoms with Crippen LogP contribution in [-0.2, 0) is 27.2 Å². The lowest BCUT2D eigenvalue weighted by atomic mass is 9.58. The summed E-state index contributed by atoms with van der Waals surface area (Å²) >= 11 is 1.47. The molecule has 5 rings (SSSR count). The summed E-state index contributed by atoms with van der Waals surface area (Å²) in [6, 6.07) is 0. The Morgan fingerprint density at radius 2 is 1.76 bits per heavy atom. The molecule has 0 aromatic carbocycles. The van der Waals surface area contributed by atoms with E-state index in [9.17, 15) is 19.5 Å². The van der Waals surface area contributed by atoms with Crippen LogP contribution in [0.15, 0.2) is 0 Å². The summed E-state index contributed by atoms with van der Waals surface area (Å²) in [7, 11) is 1.36. The van der Waals surface area contributed by atoms with E-state index < -0.39 is 23.8 Å². The van der Waals surface area contributed by atoms with Crippen LogP contribution >= 0.6 is 11.3 Å². The fraction of sp³-hybridized carbons (Fsp3) is 0.682. The van der Waals surface area contributed by atoms with E-state index in [0.717, 1.165) is 61.8 Å². The van der Waals surface area contributed by atoms with E-state index in [-0.39, 0.29) is 17.7 Å². The Bertz CT molecular complexity index is 823. The number of hydrogen-bond acceptors (Lipinski definition) is 5. The van der Waals surface area contributed by atoms with Gasteiger partial charge in [0.05, 0.1) is 24.5 Å². The Balaban J connectivity index is 1.63. The van der Waals surface area contributed by atoms with Gasteiger partial charge in [-0.15, -0.1) is 11.3 Å². The molecule has 4 aliphatic rings. The van der Waals surface area contributed by atoms with Crippen molar-refractivity contribution < 1.29 is 24.2 Å². The Morgan fingerprint density at radius 3 is 2.34 bits per heavy atom. The standard InChI is InChI=1S/C22H29NO5S/c1-3-11-4-9-14-15(10-11)29-20(18(14)22(27)28-2)23-19(24)16-12-5-7-13(8-6-12)17(16)21(25)26/h11-13,16-17H,3-10H2,1-2H3,(H,23,24)(H,25,26)/t11-,12?,13?,16+,17-/m1/s1. The number of aliphatic carboxylic acids is 1. The number of carboxylic acids is 1. The second-order valence-electron chi connectivity index (χ2n) is 8.77. The minimum absolute atomic E-state index is 0.0789. The van der Waals surface area contributed by atoms with Crippen molar-refractivity contribution in [2.45, 2.75) is 58.3 Å². The second kappa shape index (κ2) is 8.09. The number of nitrogens with one attached hydrogen (secondary N) is 1. The highest BCUT2D eigenvalue weighted by molar-refractivity contribution is 7.17. The zero-order valence-electron chi connectivity index (χ0n) is 17.0. The maximum absolute atomic E-state index is 13.2. The average molecular weight is 420 g/mol. The van der Waals surface area contributed by atoms with Gasteiger partial charge in [0.25, 0.3) is 0 Å². The monoisotopic (exact) mass is 419 g/mol. The second-order valence-corrected chi connectivity index (χ2v) is 9.88. The fourth-order valence-electron chi connectivity index (χ4n) is 5.79. The van der Waals surface area contributed by atoms with E-state index in [1.165, 1.54) is 18.4 Å². The Hall–Kier alpha value is -1.89. The lowest BCUT2D eigenvalue weighted by Gasteiger charge is -2.45. The summed E-state index contributed by atoms with van der Waals surface area (Å²) < 4.78 is 5.01. The summed E-state index contributed by atoms with van der Waals surface area (Å²) in [6.07, 6.45) is 7.47. The number of thiophene rings is 1. The average Bonchev–Trinajstić information content (AvgIpc) is 3.09. The van der Waals surface area contributed by atoms with Gasteiger partial charge >= 0.3 is 11.9 Å². The molecule has 6 nitrogen and oxygen atoms in total. The van der Waals surface area contributed by atoms with Gasteiger partial charge in [0.15, 0.2) is 0 Å². The summed E-state index contributed by atoms with van der Waals surface area (Å²) in [5, 5.41) is 13.3. The van der Waals surface area contributed by atoms with Gasteiger partial charge < -0.3 is 15.2 Å². The molecule has 158 valence electrons. The third-order valence-corrected chi connectivity index (χ3v) is 8.55. The number of fused-ring (bicyclic) bond motifs is 4. The molecule has 0 radical (unpaired) electrons. The maximum atomic E-state index is 13.2. The third kappa shape index (κ3) is 3.58. The number of carbonyl (C=O) groups excluding carboxylic acids is 2. The van der Waals surface area contributed by atoms with Crippen molar-refractivity contribution in [2.75, 3.05) is 12.4 Å². The molecule has 1 aromatic rings. The number of hydrogen-bond donors (Lipinski definition) is 2. The van der Waals surface area contributed by atoms with Crippen LogP contribution in [0.2, 0.25) is 0 Å². The molecule has 2 N–H and O–H groups in total. The minimum atomic E-state index is -0.871. The predicted molar refractivity (Wildman–Crippen MR) is 110 cm³/mol. The smallest absolute Gasteiger partial charge is 0.341 e. The lowest BCUT2D eigenvalue weighted by molar-refractivity contribution is -0.156. The van der Waals surface area contributed by atoms with Gasteiger partial charge in [0.2, 0.25) is 5.91 Å². The molecule has 1 heterocycles. The van der Waals surface area contributed by atoms with Crippen molar-refractivity contribution in [3.8, 4) is 0 Å². The van der Waals surface area contributed by atoms with Gasteiger partial charge in [-0.1, -0.05) is 13.3 Å². The number of carboxylic acid groups (broad SMARTS) is 1. The van der Waals surface area contributed by atoms with Crippen molar-refractivity contribution in [3.63, 3.8) is 0 Å². The van der Waals surface area contributed by atoms with Crippen molar-refractivity contribution in [1.82, 2.24) is 0 Å². The number of methoxy groups -OCH3 is 1. The normalized spacial score (nSPS) is 30.5. The number of rotatable bonds is 5. The number of carbonyl (C=O) groups is 3. The zero-order chi connectivity index (χ0) is 20.7. The molecule has 0 saturated heterocycles. The van der Waals surface area contributed by atoms with Crippen LogP contribution in [0.5, 0.6) is 0 Å². The van der Waals surface area contributed by atoms with Gasteiger partial charge in [-0.25, -0.2) is 4.79 Å². The van der Waals surface area contributed by atoms with E-state index in [0.29, 0.717) is 16.5 Å². The third-order valence-electron chi connectivity index (χ3n) is 7.38. The molecular formula is C22H29NO5S. The topological polar surface area (TPSA) is 92.7 Å². The van der Waals surface area contributed by atoms with Crippen LogP contribution in [0.4, 0.5) is 5.00 Å². The Morgan fingerprint density at radius 1 is 1.10 bits per heavy atom. The first-order valence-electron chi connectivity index (χ1n) is 10.7. The first-order valence-corrected chi connectivity index (χ1v) is 11.5. The van der Waals surface area contributed by atoms with Gasteiger partial charge in [0.1, 0.15) is 5.00 Å². The van der Waals surface area contributed by atoms with Gasteiger partial charge in [-0.3, -0.25) is 9.59 Å². The summed E-state index contributed by atoms with van der Waals surface area (Å²) in [5.41, 5.74) is 1.48. The summed E-state index contributed by atoms with van der Waals surface area (Å²) in [5.74, 6) is -1.90. The number of ether oxygens (including phenoxy) is 1. The van der Waals surface area contributed by atoms with Crippen LogP contribution in [0.1, 0.15) is 66.2 Å². The Labute approximate surface area is 175 Å². The molecule has 2 bridgehead atoms. The summed E-state index contributed by atoms with van der Waals surface area (Å²) in [4.78, 5) is 38.8. The van der Waals surface area contributed by atoms with Crippen LogP contribution in [0, 0.1) is 29.6 Å². The highest BCUT2D eigenvalue weighted by Crippen LogP contribution is 2.50. The van der Waals surface area contributed by atoms with E-state index in [1.54, 1.807) is 0 Å². The van der Waals surface area contributed by atoms with Crippen molar-refractivity contribution >= 4 is 34.2 Å². The molecule has 3 fully saturated rings. The SMILES string of the molecule is CC[C@@H]1CCc2c(sc(NC(=O)[C@H]3C4CCC(CC4)[C@H]3C(=O)O)c2C(=O)OC)C1. The van der Waals surface area contributed by atoms with Crippen LogP contribution < -0.4 is 5.32 Å². The molecule has 0 spiro atoms. The first kappa shape index (κ1) is 20.4.